The molecule has 36 heavy (non-hydrogen) atoms. The van der Waals surface area contributed by atoms with E-state index in [0.29, 0.717) is 22.6 Å². The second-order valence-electron chi connectivity index (χ2n) is 10.2. The molecule has 9 heteroatoms. The largest absolute Gasteiger partial charge is 0.508 e. The summed E-state index contributed by atoms with van der Waals surface area (Å²) in [5, 5.41) is 42.6. The van der Waals surface area contributed by atoms with E-state index in [-0.39, 0.29) is 23.4 Å². The van der Waals surface area contributed by atoms with E-state index in [1.807, 2.05) is 26.0 Å². The van der Waals surface area contributed by atoms with Gasteiger partial charge in [0.05, 0.1) is 11.3 Å². The molecule has 2 aliphatic heterocycles. The van der Waals surface area contributed by atoms with E-state index in [9.17, 15) is 15.3 Å². The number of rotatable bonds is 6. The van der Waals surface area contributed by atoms with E-state index >= 15 is 0 Å². The Morgan fingerprint density at radius 1 is 0.917 bits per heavy atom. The zero-order valence-corrected chi connectivity index (χ0v) is 21.1. The van der Waals surface area contributed by atoms with Crippen molar-refractivity contribution in [1.82, 2.24) is 29.9 Å². The molecule has 0 aliphatic carbocycles. The van der Waals surface area contributed by atoms with Crippen LogP contribution < -0.4 is 5.32 Å². The van der Waals surface area contributed by atoms with Crippen molar-refractivity contribution in [3.63, 3.8) is 0 Å². The summed E-state index contributed by atoms with van der Waals surface area (Å²) >= 11 is 0. The number of piperidine rings is 1. The lowest BCUT2D eigenvalue weighted by molar-refractivity contribution is 0.0784. The average molecular weight is 493 g/mol. The summed E-state index contributed by atoms with van der Waals surface area (Å²) in [7, 11) is 0. The quantitative estimate of drug-likeness (QED) is 0.416. The molecule has 2 aliphatic rings. The van der Waals surface area contributed by atoms with Gasteiger partial charge in [0.1, 0.15) is 11.5 Å². The number of aromatic hydroxyl groups is 3. The first-order valence-corrected chi connectivity index (χ1v) is 12.9. The third-order valence-electron chi connectivity index (χ3n) is 7.49. The van der Waals surface area contributed by atoms with Crippen molar-refractivity contribution >= 4 is 0 Å². The molecule has 3 heterocycles. The second kappa shape index (κ2) is 10.5. The van der Waals surface area contributed by atoms with Crippen LogP contribution in [0.1, 0.15) is 43.7 Å². The van der Waals surface area contributed by atoms with Crippen LogP contribution in [0.15, 0.2) is 36.4 Å². The summed E-state index contributed by atoms with van der Waals surface area (Å²) < 4.78 is 1.51. The maximum Gasteiger partial charge on any atom is 0.319 e. The van der Waals surface area contributed by atoms with Crippen molar-refractivity contribution in [1.29, 1.82) is 0 Å². The molecule has 1 aromatic heterocycles. The van der Waals surface area contributed by atoms with Gasteiger partial charge in [-0.15, -0.1) is 5.10 Å². The van der Waals surface area contributed by atoms with Crippen molar-refractivity contribution in [3.05, 3.63) is 47.5 Å². The number of hydrogen-bond donors (Lipinski definition) is 4. The molecule has 0 unspecified atom stereocenters. The fourth-order valence-corrected chi connectivity index (χ4v) is 5.39. The smallest absolute Gasteiger partial charge is 0.319 e. The number of phenols is 2. The minimum Gasteiger partial charge on any atom is -0.508 e. The van der Waals surface area contributed by atoms with Gasteiger partial charge in [0, 0.05) is 44.8 Å². The van der Waals surface area contributed by atoms with Gasteiger partial charge >= 0.3 is 6.01 Å². The summed E-state index contributed by atoms with van der Waals surface area (Å²) in [6.45, 7) is 11.5. The SMILES string of the molecule is CC(C)c1cc(-c2nnc(O)n2-c2ccc(CN3CCN(C4CCNCC4)CC3)cc2)c(O)cc1O. The maximum absolute atomic E-state index is 10.5. The zero-order chi connectivity index (χ0) is 25.2. The van der Waals surface area contributed by atoms with Crippen LogP contribution in [0.25, 0.3) is 17.1 Å². The Bertz CT molecular complexity index is 1180. The van der Waals surface area contributed by atoms with E-state index in [1.165, 1.54) is 29.0 Å². The topological polar surface area (TPSA) is 110 Å². The summed E-state index contributed by atoms with van der Waals surface area (Å²) in [5.41, 5.74) is 3.00. The molecule has 0 bridgehead atoms. The average Bonchev–Trinajstić information content (AvgIpc) is 3.26. The van der Waals surface area contributed by atoms with Crippen molar-refractivity contribution in [2.24, 2.45) is 0 Å². The van der Waals surface area contributed by atoms with Crippen LogP contribution in [-0.4, -0.2) is 85.2 Å². The summed E-state index contributed by atoms with van der Waals surface area (Å²) in [6.07, 6.45) is 2.50. The Hall–Kier alpha value is -3.14. The highest BCUT2D eigenvalue weighted by molar-refractivity contribution is 5.69. The van der Waals surface area contributed by atoms with E-state index in [0.717, 1.165) is 51.9 Å². The number of nitrogens with one attached hydrogen (secondary N) is 1. The molecule has 2 fully saturated rings. The standard InChI is InChI=1S/C27H36N6O3/c1-18(2)22-15-23(25(35)16-24(22)34)26-29-30-27(36)33(26)21-5-3-19(4-6-21)17-31-11-13-32(14-12-31)20-7-9-28-10-8-20/h3-6,15-16,18,20,28,34-35H,7-14,17H2,1-2H3,(H,30,36). The van der Waals surface area contributed by atoms with Crippen LogP contribution in [0.2, 0.25) is 0 Å². The predicted molar refractivity (Wildman–Crippen MR) is 139 cm³/mol. The molecule has 0 radical (unpaired) electrons. The van der Waals surface area contributed by atoms with Gasteiger partial charge in [-0.1, -0.05) is 31.1 Å². The van der Waals surface area contributed by atoms with Gasteiger partial charge in [0.15, 0.2) is 5.82 Å². The Morgan fingerprint density at radius 3 is 2.28 bits per heavy atom. The van der Waals surface area contributed by atoms with Crippen molar-refractivity contribution in [2.75, 3.05) is 39.3 Å². The molecule has 0 saturated carbocycles. The Balaban J connectivity index is 1.30. The molecule has 0 spiro atoms. The highest BCUT2D eigenvalue weighted by atomic mass is 16.3. The Morgan fingerprint density at radius 2 is 1.61 bits per heavy atom. The Kier molecular flexibility index (Phi) is 7.13. The summed E-state index contributed by atoms with van der Waals surface area (Å²) in [5.74, 6) is 0.275. The molecule has 0 amide bonds. The monoisotopic (exact) mass is 492 g/mol. The van der Waals surface area contributed by atoms with Crippen LogP contribution in [-0.2, 0) is 6.54 Å². The number of aromatic nitrogens is 3. The van der Waals surface area contributed by atoms with Crippen LogP contribution in [0, 0.1) is 0 Å². The number of nitrogens with zero attached hydrogens (tertiary/aromatic N) is 5. The fourth-order valence-electron chi connectivity index (χ4n) is 5.39. The predicted octanol–water partition coefficient (Wildman–Crippen LogP) is 3.04. The van der Waals surface area contributed by atoms with Crippen LogP contribution >= 0.6 is 0 Å². The highest BCUT2D eigenvalue weighted by Gasteiger charge is 2.25. The van der Waals surface area contributed by atoms with E-state index < -0.39 is 0 Å². The van der Waals surface area contributed by atoms with Crippen molar-refractivity contribution < 1.29 is 15.3 Å². The first kappa shape index (κ1) is 24.5. The van der Waals surface area contributed by atoms with Crippen LogP contribution in [0.4, 0.5) is 0 Å². The zero-order valence-electron chi connectivity index (χ0n) is 21.1. The minimum absolute atomic E-state index is 0.0301. The van der Waals surface area contributed by atoms with E-state index in [2.05, 4.69) is 37.4 Å². The Labute approximate surface area is 212 Å². The van der Waals surface area contributed by atoms with Crippen molar-refractivity contribution in [2.45, 2.75) is 45.2 Å². The second-order valence-corrected chi connectivity index (χ2v) is 10.2. The third kappa shape index (κ3) is 5.04. The van der Waals surface area contributed by atoms with Gasteiger partial charge < -0.3 is 20.6 Å². The van der Waals surface area contributed by atoms with Crippen LogP contribution in [0.5, 0.6) is 17.5 Å². The van der Waals surface area contributed by atoms with Gasteiger partial charge in [-0.2, -0.15) is 0 Å². The molecule has 5 rings (SSSR count). The maximum atomic E-state index is 10.5. The first-order chi connectivity index (χ1) is 17.4. The van der Waals surface area contributed by atoms with Gasteiger partial charge in [0.25, 0.3) is 0 Å². The molecule has 192 valence electrons. The number of benzene rings is 2. The van der Waals surface area contributed by atoms with Crippen LogP contribution in [0.3, 0.4) is 0 Å². The first-order valence-electron chi connectivity index (χ1n) is 12.9. The lowest BCUT2D eigenvalue weighted by atomic mass is 9.98. The molecule has 2 aromatic carbocycles. The molecule has 4 N–H and O–H groups in total. The molecule has 9 nitrogen and oxygen atoms in total. The summed E-state index contributed by atoms with van der Waals surface area (Å²) in [4.78, 5) is 5.15. The molecular formula is C27H36N6O3. The normalized spacial score (nSPS) is 18.2. The number of hydrogen-bond acceptors (Lipinski definition) is 8. The lowest BCUT2D eigenvalue weighted by Gasteiger charge is -2.40. The number of piperazine rings is 1. The highest BCUT2D eigenvalue weighted by Crippen LogP contribution is 2.38. The number of phenolic OH excluding ortho intramolecular Hbond substituents is 2. The minimum atomic E-state index is -0.259. The molecular weight excluding hydrogens is 456 g/mol. The van der Waals surface area contributed by atoms with Crippen molar-refractivity contribution in [3.8, 4) is 34.6 Å². The molecule has 2 saturated heterocycles. The third-order valence-corrected chi connectivity index (χ3v) is 7.49. The van der Waals surface area contributed by atoms with Gasteiger partial charge in [-0.05, 0) is 61.2 Å². The van der Waals surface area contributed by atoms with E-state index in [1.54, 1.807) is 6.07 Å². The van der Waals surface area contributed by atoms with Gasteiger partial charge in [0.2, 0.25) is 0 Å². The van der Waals surface area contributed by atoms with Gasteiger partial charge in [-0.25, -0.2) is 4.57 Å². The lowest BCUT2D eigenvalue weighted by Crippen LogP contribution is -2.52. The molecule has 0 atom stereocenters. The fraction of sp³-hybridized carbons (Fsp3) is 0.481. The van der Waals surface area contributed by atoms with Gasteiger partial charge in [-0.3, -0.25) is 9.80 Å². The van der Waals surface area contributed by atoms with E-state index in [4.69, 9.17) is 0 Å². The summed E-state index contributed by atoms with van der Waals surface area (Å²) in [6, 6.07) is 11.5. The molecule has 3 aromatic rings.